The highest BCUT2D eigenvalue weighted by Crippen LogP contribution is 2.47. The van der Waals surface area contributed by atoms with Crippen LogP contribution in [0.2, 0.25) is 5.02 Å². The number of benzene rings is 2. The first-order valence-corrected chi connectivity index (χ1v) is 18.0. The second kappa shape index (κ2) is 16.3. The van der Waals surface area contributed by atoms with Crippen LogP contribution in [-0.2, 0) is 22.6 Å². The number of carbonyl (C=O) groups excluding carboxylic acids is 2. The van der Waals surface area contributed by atoms with Crippen LogP contribution in [0.25, 0.3) is 0 Å². The van der Waals surface area contributed by atoms with Gasteiger partial charge in [-0.1, -0.05) is 43.0 Å². The van der Waals surface area contributed by atoms with Crippen molar-refractivity contribution >= 4 is 29.1 Å². The van der Waals surface area contributed by atoms with Crippen LogP contribution in [0.15, 0.2) is 61.2 Å². The van der Waals surface area contributed by atoms with Crippen molar-refractivity contribution in [3.63, 3.8) is 0 Å². The molecule has 2 aromatic carbocycles. The van der Waals surface area contributed by atoms with E-state index in [0.29, 0.717) is 23.9 Å². The van der Waals surface area contributed by atoms with E-state index in [2.05, 4.69) is 30.5 Å². The molecule has 258 valence electrons. The summed E-state index contributed by atoms with van der Waals surface area (Å²) in [6.07, 6.45) is 14.3. The lowest BCUT2D eigenvalue weighted by Crippen LogP contribution is -2.56. The lowest BCUT2D eigenvalue weighted by Gasteiger charge is -2.48. The highest BCUT2D eigenvalue weighted by Gasteiger charge is 2.44. The molecule has 1 saturated carbocycles. The van der Waals surface area contributed by atoms with Gasteiger partial charge in [-0.25, -0.2) is 4.98 Å². The Hall–Kier alpha value is -3.47. The largest absolute Gasteiger partial charge is 0.497 e. The smallest absolute Gasteiger partial charge is 0.240 e. The summed E-state index contributed by atoms with van der Waals surface area (Å²) in [5.74, 6) is 1.58. The number of methoxy groups -OCH3 is 1. The molecule has 2 amide bonds. The van der Waals surface area contributed by atoms with Gasteiger partial charge < -0.3 is 20.3 Å². The van der Waals surface area contributed by atoms with Gasteiger partial charge in [0, 0.05) is 49.5 Å². The third-order valence-corrected chi connectivity index (χ3v) is 11.2. The first-order chi connectivity index (χ1) is 23.4. The van der Waals surface area contributed by atoms with Gasteiger partial charge in [-0.2, -0.15) is 5.10 Å². The number of hydrogen-bond acceptors (Lipinski definition) is 7. The van der Waals surface area contributed by atoms with Crippen LogP contribution in [0.1, 0.15) is 63.4 Å². The molecule has 6 rings (SSSR count). The zero-order chi connectivity index (χ0) is 33.3. The van der Waals surface area contributed by atoms with E-state index in [1.807, 2.05) is 59.5 Å². The summed E-state index contributed by atoms with van der Waals surface area (Å²) in [5, 5.41) is 11.9. The molecule has 10 nitrogen and oxygen atoms in total. The van der Waals surface area contributed by atoms with E-state index in [1.54, 1.807) is 13.4 Å². The first kappa shape index (κ1) is 34.4. The van der Waals surface area contributed by atoms with Crippen molar-refractivity contribution in [1.29, 1.82) is 0 Å². The van der Waals surface area contributed by atoms with Gasteiger partial charge in [0.05, 0.1) is 19.7 Å². The summed E-state index contributed by atoms with van der Waals surface area (Å²) in [6.45, 7) is 4.35. The Bertz CT molecular complexity index is 1450. The van der Waals surface area contributed by atoms with Crippen molar-refractivity contribution < 1.29 is 14.3 Å². The van der Waals surface area contributed by atoms with E-state index in [4.69, 9.17) is 16.3 Å². The molecule has 11 heteroatoms. The standard InChI is InChI=1S/C37H50ClN7O3/c1-48-33-13-11-31(12-14-33)42-35(46)24-43-19-15-32(16-20-43)41-34(23-28-7-9-30(38)10-8-28)36(47)44-21-17-37(18-22-44,25-45-27-39-26-40-45)29-5-3-2-4-6-29/h7-14,26-27,29,32,34,41H,2-6,15-25H2,1H3,(H,42,46)/t34-/m1/s1. The Labute approximate surface area is 289 Å². The average molecular weight is 676 g/mol. The maximum absolute atomic E-state index is 14.3. The first-order valence-electron chi connectivity index (χ1n) is 17.7. The quantitative estimate of drug-likeness (QED) is 0.264. The van der Waals surface area contributed by atoms with Gasteiger partial charge in [-0.15, -0.1) is 0 Å². The number of hydrogen-bond donors (Lipinski definition) is 2. The molecule has 3 fully saturated rings. The zero-order valence-electron chi connectivity index (χ0n) is 28.2. The van der Waals surface area contributed by atoms with Gasteiger partial charge in [0.1, 0.15) is 18.4 Å². The van der Waals surface area contributed by atoms with Crippen LogP contribution < -0.4 is 15.4 Å². The average Bonchev–Trinajstić information content (AvgIpc) is 3.63. The van der Waals surface area contributed by atoms with E-state index in [9.17, 15) is 9.59 Å². The van der Waals surface area contributed by atoms with Gasteiger partial charge in [-0.3, -0.25) is 19.2 Å². The van der Waals surface area contributed by atoms with E-state index in [1.165, 1.54) is 32.1 Å². The molecule has 3 heterocycles. The Kier molecular flexibility index (Phi) is 11.7. The van der Waals surface area contributed by atoms with Crippen molar-refractivity contribution in [2.45, 2.75) is 82.8 Å². The predicted octanol–water partition coefficient (Wildman–Crippen LogP) is 5.43. The van der Waals surface area contributed by atoms with Crippen molar-refractivity contribution in [3.05, 3.63) is 71.8 Å². The van der Waals surface area contributed by atoms with Crippen LogP contribution in [0.5, 0.6) is 5.75 Å². The summed E-state index contributed by atoms with van der Waals surface area (Å²) in [5.41, 5.74) is 2.00. The molecule has 2 N–H and O–H groups in total. The van der Waals surface area contributed by atoms with Crippen molar-refractivity contribution in [2.75, 3.05) is 45.2 Å². The number of carbonyl (C=O) groups is 2. The molecule has 0 bridgehead atoms. The predicted molar refractivity (Wildman–Crippen MR) is 188 cm³/mol. The number of rotatable bonds is 12. The number of amides is 2. The van der Waals surface area contributed by atoms with Crippen LogP contribution >= 0.6 is 11.6 Å². The van der Waals surface area contributed by atoms with Crippen LogP contribution in [0, 0.1) is 11.3 Å². The summed E-state index contributed by atoms with van der Waals surface area (Å²) >= 11 is 6.20. The lowest BCUT2D eigenvalue weighted by atomic mass is 9.63. The maximum Gasteiger partial charge on any atom is 0.240 e. The molecule has 3 aliphatic rings. The van der Waals surface area contributed by atoms with Crippen molar-refractivity contribution in [2.24, 2.45) is 11.3 Å². The number of anilines is 1. The second-order valence-corrected chi connectivity index (χ2v) is 14.4. The molecule has 1 aromatic heterocycles. The number of piperidine rings is 2. The summed E-state index contributed by atoms with van der Waals surface area (Å²) in [6, 6.07) is 15.1. The summed E-state index contributed by atoms with van der Waals surface area (Å²) in [4.78, 5) is 35.6. The van der Waals surface area contributed by atoms with Gasteiger partial charge in [0.2, 0.25) is 11.8 Å². The van der Waals surface area contributed by atoms with E-state index < -0.39 is 0 Å². The topological polar surface area (TPSA) is 105 Å². The highest BCUT2D eigenvalue weighted by molar-refractivity contribution is 6.30. The molecule has 2 aliphatic heterocycles. The van der Waals surface area contributed by atoms with Crippen molar-refractivity contribution in [3.8, 4) is 5.75 Å². The monoisotopic (exact) mass is 675 g/mol. The number of likely N-dealkylation sites (tertiary alicyclic amines) is 2. The minimum absolute atomic E-state index is 0.0272. The van der Waals surface area contributed by atoms with E-state index in [0.717, 1.165) is 75.4 Å². The number of ether oxygens (including phenoxy) is 1. The molecule has 0 radical (unpaired) electrons. The van der Waals surface area contributed by atoms with E-state index in [-0.39, 0.29) is 29.3 Å². The zero-order valence-corrected chi connectivity index (χ0v) is 28.9. The number of aromatic nitrogens is 3. The summed E-state index contributed by atoms with van der Waals surface area (Å²) in [7, 11) is 1.63. The Morgan fingerprint density at radius 3 is 2.31 bits per heavy atom. The second-order valence-electron chi connectivity index (χ2n) is 14.0. The molecule has 1 atom stereocenters. The molecule has 2 saturated heterocycles. The fourth-order valence-electron chi connectivity index (χ4n) is 8.13. The fourth-order valence-corrected chi connectivity index (χ4v) is 8.26. The number of halogens is 1. The van der Waals surface area contributed by atoms with Gasteiger partial charge in [0.15, 0.2) is 0 Å². The molecule has 0 spiro atoms. The van der Waals surface area contributed by atoms with E-state index >= 15 is 0 Å². The third kappa shape index (κ3) is 8.95. The minimum atomic E-state index is -0.321. The van der Waals surface area contributed by atoms with Gasteiger partial charge >= 0.3 is 0 Å². The Morgan fingerprint density at radius 1 is 0.958 bits per heavy atom. The molecule has 3 aromatic rings. The lowest BCUT2D eigenvalue weighted by molar-refractivity contribution is -0.137. The van der Waals surface area contributed by atoms with Gasteiger partial charge in [0.25, 0.3) is 0 Å². The normalized spacial score (nSPS) is 19.9. The van der Waals surface area contributed by atoms with Crippen LogP contribution in [0.4, 0.5) is 5.69 Å². The number of nitrogens with zero attached hydrogens (tertiary/aromatic N) is 5. The van der Waals surface area contributed by atoms with Crippen LogP contribution in [-0.4, -0.2) is 88.3 Å². The highest BCUT2D eigenvalue weighted by atomic mass is 35.5. The fraction of sp³-hybridized carbons (Fsp3) is 0.568. The van der Waals surface area contributed by atoms with Crippen molar-refractivity contribution in [1.82, 2.24) is 29.9 Å². The molecule has 48 heavy (non-hydrogen) atoms. The molecule has 1 aliphatic carbocycles. The SMILES string of the molecule is COc1ccc(NC(=O)CN2CCC(N[C@H](Cc3ccc(Cl)cc3)C(=O)N3CCC(Cn4cncn4)(C4CCCCC4)CC3)CC2)cc1. The molecular weight excluding hydrogens is 626 g/mol. The Balaban J connectivity index is 1.06. The third-order valence-electron chi connectivity index (χ3n) is 10.9. The number of nitrogens with one attached hydrogen (secondary N) is 2. The summed E-state index contributed by atoms with van der Waals surface area (Å²) < 4.78 is 7.21. The molecule has 0 unspecified atom stereocenters. The minimum Gasteiger partial charge on any atom is -0.497 e. The van der Waals surface area contributed by atoms with Gasteiger partial charge in [-0.05, 0) is 98.2 Å². The molecular formula is C37H50ClN7O3. The van der Waals surface area contributed by atoms with Crippen LogP contribution in [0.3, 0.4) is 0 Å². The maximum atomic E-state index is 14.3. The Morgan fingerprint density at radius 2 is 1.67 bits per heavy atom.